The Morgan fingerprint density at radius 3 is 2.61 bits per heavy atom. The minimum atomic E-state index is 0.979. The Morgan fingerprint density at radius 2 is 1.94 bits per heavy atom. The molecule has 0 amide bonds. The summed E-state index contributed by atoms with van der Waals surface area (Å²) in [5.74, 6) is 0. The van der Waals surface area contributed by atoms with Crippen molar-refractivity contribution in [3.05, 3.63) is 41.5 Å². The summed E-state index contributed by atoms with van der Waals surface area (Å²) in [6.45, 7) is 6.18. The summed E-state index contributed by atoms with van der Waals surface area (Å²) in [6, 6.07) is 4.17. The number of aromatic nitrogens is 4. The van der Waals surface area contributed by atoms with E-state index >= 15 is 0 Å². The van der Waals surface area contributed by atoms with E-state index in [1.54, 1.807) is 0 Å². The molecule has 0 spiro atoms. The van der Waals surface area contributed by atoms with Crippen molar-refractivity contribution in [3.63, 3.8) is 0 Å². The highest BCUT2D eigenvalue weighted by Gasteiger charge is 2.14. The topological polar surface area (TPSA) is 35.1 Å². The zero-order valence-corrected chi connectivity index (χ0v) is 11.1. The predicted molar refractivity (Wildman–Crippen MR) is 71.6 cm³/mol. The second kappa shape index (κ2) is 3.70. The van der Waals surface area contributed by atoms with Crippen molar-refractivity contribution >= 4 is 5.65 Å². The van der Waals surface area contributed by atoms with Crippen LogP contribution in [0.2, 0.25) is 0 Å². The maximum absolute atomic E-state index is 4.69. The largest absolute Gasteiger partial charge is 0.306 e. The molecule has 0 aliphatic rings. The maximum Gasteiger partial charge on any atom is 0.137 e. The van der Waals surface area contributed by atoms with Crippen molar-refractivity contribution in [2.75, 3.05) is 0 Å². The Balaban J connectivity index is 2.25. The van der Waals surface area contributed by atoms with Gasteiger partial charge in [-0.15, -0.1) is 0 Å². The summed E-state index contributed by atoms with van der Waals surface area (Å²) in [5, 5.41) is 4.44. The molecule has 3 aromatic heterocycles. The van der Waals surface area contributed by atoms with Crippen molar-refractivity contribution in [2.45, 2.75) is 20.8 Å². The molecule has 0 aliphatic carbocycles. The van der Waals surface area contributed by atoms with Crippen LogP contribution >= 0.6 is 0 Å². The van der Waals surface area contributed by atoms with Gasteiger partial charge in [0.15, 0.2) is 0 Å². The number of hydrogen-bond acceptors (Lipinski definition) is 2. The first-order valence-electron chi connectivity index (χ1n) is 6.02. The van der Waals surface area contributed by atoms with E-state index in [9.17, 15) is 0 Å². The minimum absolute atomic E-state index is 0.979. The van der Waals surface area contributed by atoms with Gasteiger partial charge < -0.3 is 4.40 Å². The highest BCUT2D eigenvalue weighted by molar-refractivity contribution is 5.67. The van der Waals surface area contributed by atoms with Crippen LogP contribution in [0.4, 0.5) is 0 Å². The third-order valence-electron chi connectivity index (χ3n) is 3.38. The molecule has 18 heavy (non-hydrogen) atoms. The van der Waals surface area contributed by atoms with E-state index in [-0.39, 0.29) is 0 Å². The van der Waals surface area contributed by atoms with E-state index in [0.29, 0.717) is 0 Å². The lowest BCUT2D eigenvalue weighted by molar-refractivity contribution is 0.731. The number of nitrogens with zero attached hydrogens (tertiary/aromatic N) is 4. The lowest BCUT2D eigenvalue weighted by Gasteiger charge is -1.96. The molecule has 4 heteroatoms. The van der Waals surface area contributed by atoms with Gasteiger partial charge in [-0.1, -0.05) is 0 Å². The zero-order valence-electron chi connectivity index (χ0n) is 11.1. The quantitative estimate of drug-likeness (QED) is 0.655. The van der Waals surface area contributed by atoms with Crippen LogP contribution in [0.5, 0.6) is 0 Å². The Kier molecular flexibility index (Phi) is 2.26. The first-order chi connectivity index (χ1) is 8.56. The van der Waals surface area contributed by atoms with E-state index in [2.05, 4.69) is 42.3 Å². The molecule has 0 aromatic carbocycles. The van der Waals surface area contributed by atoms with Crippen LogP contribution in [0.1, 0.15) is 17.0 Å². The molecule has 4 nitrogen and oxygen atoms in total. The SMILES string of the molecule is Cc1ccn2cc(-c3c(C)nn(C)c3C)nc2c1. The fraction of sp³-hybridized carbons (Fsp3) is 0.286. The van der Waals surface area contributed by atoms with Crippen LogP contribution < -0.4 is 0 Å². The monoisotopic (exact) mass is 240 g/mol. The Labute approximate surface area is 106 Å². The second-order valence-corrected chi connectivity index (χ2v) is 4.77. The van der Waals surface area contributed by atoms with Gasteiger partial charge in [-0.25, -0.2) is 4.98 Å². The fourth-order valence-corrected chi connectivity index (χ4v) is 2.35. The molecular weight excluding hydrogens is 224 g/mol. The van der Waals surface area contributed by atoms with Crippen LogP contribution in [0.15, 0.2) is 24.5 Å². The van der Waals surface area contributed by atoms with Gasteiger partial charge in [0, 0.05) is 30.7 Å². The summed E-state index contributed by atoms with van der Waals surface area (Å²) >= 11 is 0. The molecule has 92 valence electrons. The minimum Gasteiger partial charge on any atom is -0.306 e. The van der Waals surface area contributed by atoms with Gasteiger partial charge in [0.2, 0.25) is 0 Å². The smallest absolute Gasteiger partial charge is 0.137 e. The van der Waals surface area contributed by atoms with Crippen LogP contribution in [0.25, 0.3) is 16.9 Å². The first-order valence-corrected chi connectivity index (χ1v) is 6.02. The van der Waals surface area contributed by atoms with Crippen molar-refractivity contribution in [2.24, 2.45) is 7.05 Å². The zero-order chi connectivity index (χ0) is 12.9. The van der Waals surface area contributed by atoms with Crippen LogP contribution in [0, 0.1) is 20.8 Å². The van der Waals surface area contributed by atoms with Gasteiger partial charge in [-0.3, -0.25) is 4.68 Å². The molecule has 0 saturated heterocycles. The van der Waals surface area contributed by atoms with Crippen LogP contribution in [-0.2, 0) is 7.05 Å². The standard InChI is InChI=1S/C14H16N4/c1-9-5-6-18-8-12(15-13(18)7-9)14-10(2)16-17(4)11(14)3/h5-8H,1-4H3. The molecule has 0 fully saturated rings. The molecule has 3 rings (SSSR count). The number of imidazole rings is 1. The van der Waals surface area contributed by atoms with Gasteiger partial charge >= 0.3 is 0 Å². The van der Waals surface area contributed by atoms with Gasteiger partial charge in [0.25, 0.3) is 0 Å². The first kappa shape index (κ1) is 11.0. The van der Waals surface area contributed by atoms with Gasteiger partial charge in [-0.05, 0) is 38.5 Å². The number of fused-ring (bicyclic) bond motifs is 1. The lowest BCUT2D eigenvalue weighted by Crippen LogP contribution is -1.92. The number of rotatable bonds is 1. The molecule has 3 aromatic rings. The molecule has 0 radical (unpaired) electrons. The molecule has 0 aliphatic heterocycles. The Bertz CT molecular complexity index is 734. The molecule has 0 saturated carbocycles. The summed E-state index contributed by atoms with van der Waals surface area (Å²) in [6.07, 6.45) is 4.11. The third-order valence-corrected chi connectivity index (χ3v) is 3.38. The van der Waals surface area contributed by atoms with Crippen molar-refractivity contribution in [1.29, 1.82) is 0 Å². The molecule has 0 unspecified atom stereocenters. The normalized spacial score (nSPS) is 11.3. The van der Waals surface area contributed by atoms with E-state index in [4.69, 9.17) is 0 Å². The molecular formula is C14H16N4. The van der Waals surface area contributed by atoms with Gasteiger partial charge in [0.05, 0.1) is 11.4 Å². The Hall–Kier alpha value is -2.10. The third kappa shape index (κ3) is 1.53. The van der Waals surface area contributed by atoms with E-state index in [0.717, 1.165) is 28.3 Å². The molecule has 0 bridgehead atoms. The number of aryl methyl sites for hydroxylation is 3. The summed E-state index contributed by atoms with van der Waals surface area (Å²) < 4.78 is 3.95. The molecule has 0 atom stereocenters. The Morgan fingerprint density at radius 1 is 1.17 bits per heavy atom. The van der Waals surface area contributed by atoms with Crippen molar-refractivity contribution in [1.82, 2.24) is 19.2 Å². The van der Waals surface area contributed by atoms with Crippen LogP contribution in [-0.4, -0.2) is 19.2 Å². The average molecular weight is 240 g/mol. The lowest BCUT2D eigenvalue weighted by atomic mass is 10.1. The van der Waals surface area contributed by atoms with Crippen LogP contribution in [0.3, 0.4) is 0 Å². The highest BCUT2D eigenvalue weighted by atomic mass is 15.3. The van der Waals surface area contributed by atoms with E-state index in [1.807, 2.05) is 29.3 Å². The van der Waals surface area contributed by atoms with Gasteiger partial charge in [0.1, 0.15) is 5.65 Å². The number of pyridine rings is 1. The van der Waals surface area contributed by atoms with Gasteiger partial charge in [-0.2, -0.15) is 5.10 Å². The molecule has 0 N–H and O–H groups in total. The summed E-state index contributed by atoms with van der Waals surface area (Å²) in [4.78, 5) is 4.69. The molecule has 3 heterocycles. The maximum atomic E-state index is 4.69. The summed E-state index contributed by atoms with van der Waals surface area (Å²) in [7, 11) is 1.96. The van der Waals surface area contributed by atoms with E-state index in [1.165, 1.54) is 5.56 Å². The van der Waals surface area contributed by atoms with Crippen molar-refractivity contribution in [3.8, 4) is 11.3 Å². The van der Waals surface area contributed by atoms with E-state index < -0.39 is 0 Å². The summed E-state index contributed by atoms with van der Waals surface area (Å²) in [5.41, 5.74) is 6.50. The highest BCUT2D eigenvalue weighted by Crippen LogP contribution is 2.26. The predicted octanol–water partition coefficient (Wildman–Crippen LogP) is 2.66. The fourth-order valence-electron chi connectivity index (χ4n) is 2.35. The second-order valence-electron chi connectivity index (χ2n) is 4.77. The van der Waals surface area contributed by atoms with Crippen molar-refractivity contribution < 1.29 is 0 Å². The number of hydrogen-bond donors (Lipinski definition) is 0. The average Bonchev–Trinajstić information content (AvgIpc) is 2.80.